The molecule has 11 nitrogen and oxygen atoms in total. The number of imidazole rings is 1. The highest BCUT2D eigenvalue weighted by Gasteiger charge is 2.48. The number of aromatic nitrogens is 5. The summed E-state index contributed by atoms with van der Waals surface area (Å²) in [7, 11) is 0. The van der Waals surface area contributed by atoms with Crippen molar-refractivity contribution < 1.29 is 19.7 Å². The van der Waals surface area contributed by atoms with Crippen molar-refractivity contribution in [3.63, 3.8) is 0 Å². The first-order valence-corrected chi connectivity index (χ1v) is 13.0. The second-order valence-corrected chi connectivity index (χ2v) is 10.5. The number of carbonyl (C=O) groups is 1. The van der Waals surface area contributed by atoms with E-state index in [1.54, 1.807) is 26.1 Å². The molecule has 4 heterocycles. The molecule has 1 aliphatic heterocycles. The summed E-state index contributed by atoms with van der Waals surface area (Å²) in [6, 6.07) is 7.24. The van der Waals surface area contributed by atoms with Crippen LogP contribution in [0.15, 0.2) is 43.0 Å². The fourth-order valence-electron chi connectivity index (χ4n) is 4.38. The van der Waals surface area contributed by atoms with Gasteiger partial charge in [-0.05, 0) is 38.5 Å². The predicted molar refractivity (Wildman–Crippen MR) is 146 cm³/mol. The first kappa shape index (κ1) is 27.2. The van der Waals surface area contributed by atoms with Crippen molar-refractivity contribution in [2.45, 2.75) is 57.9 Å². The Hall–Kier alpha value is -3.35. The number of hydrogen-bond donors (Lipinski definition) is 4. The first-order valence-electron chi connectivity index (χ1n) is 12.3. The Balaban J connectivity index is 1.56. The molecule has 5 rings (SSSR count). The summed E-state index contributed by atoms with van der Waals surface area (Å²) in [5, 5.41) is 28.4. The van der Waals surface area contributed by atoms with Crippen LogP contribution in [0.5, 0.6) is 0 Å². The molecule has 39 heavy (non-hydrogen) atoms. The van der Waals surface area contributed by atoms with Gasteiger partial charge in [0.1, 0.15) is 12.2 Å². The molecule has 4 aromatic rings. The van der Waals surface area contributed by atoms with Gasteiger partial charge in [0.2, 0.25) is 0 Å². The van der Waals surface area contributed by atoms with Gasteiger partial charge in [0, 0.05) is 35.6 Å². The summed E-state index contributed by atoms with van der Waals surface area (Å²) in [6.07, 6.45) is -0.778. The highest BCUT2D eigenvalue weighted by molar-refractivity contribution is 6.31. The predicted octanol–water partition coefficient (Wildman–Crippen LogP) is 3.26. The van der Waals surface area contributed by atoms with E-state index in [0.29, 0.717) is 45.0 Å². The molecule has 1 amide bonds. The van der Waals surface area contributed by atoms with Crippen molar-refractivity contribution in [3.05, 3.63) is 64.2 Å². The van der Waals surface area contributed by atoms with E-state index in [1.807, 2.05) is 25.1 Å². The number of halogens is 2. The average molecular weight is 572 g/mol. The number of anilines is 1. The van der Waals surface area contributed by atoms with Gasteiger partial charge in [0.05, 0.1) is 11.3 Å². The highest BCUT2D eigenvalue weighted by atomic mass is 35.5. The summed E-state index contributed by atoms with van der Waals surface area (Å²) in [6.45, 7) is 5.91. The summed E-state index contributed by atoms with van der Waals surface area (Å²) in [4.78, 5) is 30.5. The number of aryl methyl sites for hydroxylation is 1. The standard InChI is InChI=1S/C26H27Cl2N7O4/c1-12(2)32-25(38)21-19(36)20(37)26(39-21)35-11-31-18-23(30-9-14-6-13(3)4-5-17(14)28)33-22(34-24(18)35)15-7-16(27)10-29-8-15/h4-8,10-12,19-21,26,36-37H,9H2,1-3H3,(H,32,38)(H,30,33,34)/t19-,20+,21-,26+/m0/s1. The van der Waals surface area contributed by atoms with Crippen LogP contribution in [0.3, 0.4) is 0 Å². The van der Waals surface area contributed by atoms with Crippen LogP contribution < -0.4 is 10.6 Å². The van der Waals surface area contributed by atoms with E-state index in [1.165, 1.54) is 17.1 Å². The van der Waals surface area contributed by atoms with Gasteiger partial charge in [-0.2, -0.15) is 0 Å². The first-order chi connectivity index (χ1) is 18.6. The number of pyridine rings is 1. The van der Waals surface area contributed by atoms with Crippen LogP contribution >= 0.6 is 23.2 Å². The number of benzene rings is 1. The van der Waals surface area contributed by atoms with Crippen molar-refractivity contribution in [3.8, 4) is 11.4 Å². The second-order valence-electron chi connectivity index (χ2n) is 9.65. The Labute approximate surface area is 234 Å². The van der Waals surface area contributed by atoms with Gasteiger partial charge < -0.3 is 25.6 Å². The lowest BCUT2D eigenvalue weighted by molar-refractivity contribution is -0.138. The van der Waals surface area contributed by atoms with Crippen molar-refractivity contribution in [1.82, 2.24) is 29.8 Å². The van der Waals surface area contributed by atoms with E-state index in [4.69, 9.17) is 27.9 Å². The number of carbonyl (C=O) groups excluding carboxylic acids is 1. The molecule has 4 N–H and O–H groups in total. The largest absolute Gasteiger partial charge is 0.387 e. The Morgan fingerprint density at radius 2 is 1.95 bits per heavy atom. The van der Waals surface area contributed by atoms with Crippen LogP contribution in [0.4, 0.5) is 5.82 Å². The number of fused-ring (bicyclic) bond motifs is 1. The molecule has 1 aliphatic rings. The maximum absolute atomic E-state index is 12.6. The zero-order valence-corrected chi connectivity index (χ0v) is 22.9. The third-order valence-electron chi connectivity index (χ3n) is 6.23. The number of aliphatic hydroxyl groups is 2. The second kappa shape index (κ2) is 11.0. The van der Waals surface area contributed by atoms with Gasteiger partial charge in [-0.25, -0.2) is 15.0 Å². The molecule has 204 valence electrons. The van der Waals surface area contributed by atoms with Crippen LogP contribution in [0, 0.1) is 6.92 Å². The molecule has 0 aliphatic carbocycles. The van der Waals surface area contributed by atoms with Crippen LogP contribution in [-0.2, 0) is 16.1 Å². The monoisotopic (exact) mass is 571 g/mol. The number of rotatable bonds is 7. The molecule has 13 heteroatoms. The minimum absolute atomic E-state index is 0.171. The quantitative estimate of drug-likeness (QED) is 0.262. The van der Waals surface area contributed by atoms with Crippen LogP contribution in [-0.4, -0.2) is 65.0 Å². The summed E-state index contributed by atoms with van der Waals surface area (Å²) < 4.78 is 7.32. The molecule has 1 saturated heterocycles. The Morgan fingerprint density at radius 1 is 1.15 bits per heavy atom. The Kier molecular flexibility index (Phi) is 7.70. The number of aliphatic hydroxyl groups excluding tert-OH is 2. The van der Waals surface area contributed by atoms with E-state index in [9.17, 15) is 15.0 Å². The average Bonchev–Trinajstić information content (AvgIpc) is 3.44. The fraction of sp³-hybridized carbons (Fsp3) is 0.346. The summed E-state index contributed by atoms with van der Waals surface area (Å²) >= 11 is 12.6. The molecular formula is C26H27Cl2N7O4. The zero-order chi connectivity index (χ0) is 27.8. The third-order valence-corrected chi connectivity index (χ3v) is 6.81. The number of nitrogens with one attached hydrogen (secondary N) is 2. The van der Waals surface area contributed by atoms with E-state index in [0.717, 1.165) is 11.1 Å². The summed E-state index contributed by atoms with van der Waals surface area (Å²) in [5.74, 6) is 0.161. The molecule has 3 aromatic heterocycles. The van der Waals surface area contributed by atoms with Gasteiger partial charge >= 0.3 is 0 Å². The van der Waals surface area contributed by atoms with Crippen molar-refractivity contribution in [2.75, 3.05) is 5.32 Å². The molecular weight excluding hydrogens is 545 g/mol. The lowest BCUT2D eigenvalue weighted by Gasteiger charge is -2.17. The molecule has 0 radical (unpaired) electrons. The number of hydrogen-bond acceptors (Lipinski definition) is 9. The van der Waals surface area contributed by atoms with Crippen LogP contribution in [0.2, 0.25) is 10.0 Å². The minimum atomic E-state index is -1.45. The molecule has 4 atom stereocenters. The molecule has 1 fully saturated rings. The fourth-order valence-corrected chi connectivity index (χ4v) is 4.74. The van der Waals surface area contributed by atoms with Gasteiger partial charge in [-0.3, -0.25) is 14.3 Å². The van der Waals surface area contributed by atoms with Gasteiger partial charge in [0.25, 0.3) is 5.91 Å². The molecule has 0 spiro atoms. The lowest BCUT2D eigenvalue weighted by atomic mass is 10.1. The van der Waals surface area contributed by atoms with Crippen LogP contribution in [0.1, 0.15) is 31.2 Å². The normalized spacial score (nSPS) is 21.0. The van der Waals surface area contributed by atoms with Crippen molar-refractivity contribution in [1.29, 1.82) is 0 Å². The Bertz CT molecular complexity index is 1530. The molecule has 0 bridgehead atoms. The smallest absolute Gasteiger partial charge is 0.252 e. The van der Waals surface area contributed by atoms with Crippen molar-refractivity contribution in [2.24, 2.45) is 0 Å². The van der Waals surface area contributed by atoms with E-state index < -0.39 is 30.4 Å². The third kappa shape index (κ3) is 5.54. The maximum Gasteiger partial charge on any atom is 0.252 e. The van der Waals surface area contributed by atoms with Gasteiger partial charge in [-0.15, -0.1) is 0 Å². The highest BCUT2D eigenvalue weighted by Crippen LogP contribution is 2.34. The SMILES string of the molecule is Cc1ccc(Cl)c(CNc2nc(-c3cncc(Cl)c3)nc3c2ncn3[C@@H]2O[C@H](C(=O)NC(C)C)[C@@H](O)[C@H]2O)c1. The Morgan fingerprint density at radius 3 is 2.69 bits per heavy atom. The number of ether oxygens (including phenoxy) is 1. The van der Waals surface area contributed by atoms with Gasteiger partial charge in [0.15, 0.2) is 35.1 Å². The maximum atomic E-state index is 12.6. The number of nitrogens with zero attached hydrogens (tertiary/aromatic N) is 5. The topological polar surface area (TPSA) is 147 Å². The van der Waals surface area contributed by atoms with E-state index in [-0.39, 0.29) is 6.04 Å². The summed E-state index contributed by atoms with van der Waals surface area (Å²) in [5.41, 5.74) is 3.17. The van der Waals surface area contributed by atoms with Gasteiger partial charge in [-0.1, -0.05) is 40.9 Å². The van der Waals surface area contributed by atoms with Crippen LogP contribution in [0.25, 0.3) is 22.6 Å². The van der Waals surface area contributed by atoms with E-state index >= 15 is 0 Å². The molecule has 0 unspecified atom stereocenters. The molecule has 0 saturated carbocycles. The number of amides is 1. The minimum Gasteiger partial charge on any atom is -0.387 e. The van der Waals surface area contributed by atoms with E-state index in [2.05, 4.69) is 30.6 Å². The van der Waals surface area contributed by atoms with Crippen molar-refractivity contribution >= 4 is 46.1 Å². The lowest BCUT2D eigenvalue weighted by Crippen LogP contribution is -2.45. The molecule has 1 aromatic carbocycles. The zero-order valence-electron chi connectivity index (χ0n) is 21.3.